The Labute approximate surface area is 140 Å². The molecule has 0 radical (unpaired) electrons. The fourth-order valence-electron chi connectivity index (χ4n) is 1.62. The van der Waals surface area contributed by atoms with Crippen molar-refractivity contribution in [2.75, 3.05) is 5.32 Å². The molecule has 0 saturated heterocycles. The van der Waals surface area contributed by atoms with Crippen LogP contribution in [0.2, 0.25) is 5.15 Å². The summed E-state index contributed by atoms with van der Waals surface area (Å²) in [5, 5.41) is 3.80. The number of benzene rings is 1. The first-order chi connectivity index (χ1) is 9.40. The van der Waals surface area contributed by atoms with Crippen molar-refractivity contribution >= 4 is 55.0 Å². The van der Waals surface area contributed by atoms with E-state index in [1.54, 1.807) is 0 Å². The minimum atomic E-state index is 0.219. The highest BCUT2D eigenvalue weighted by Crippen LogP contribution is 2.34. The summed E-state index contributed by atoms with van der Waals surface area (Å²) in [6.45, 7) is 5.98. The first-order valence-electron chi connectivity index (χ1n) is 6.15. The number of para-hydroxylation sites is 1. The van der Waals surface area contributed by atoms with Gasteiger partial charge in [-0.3, -0.25) is 0 Å². The number of hydrogen-bond acceptors (Lipinski definition) is 3. The highest BCUT2D eigenvalue weighted by Gasteiger charge is 2.14. The molecular weight excluding hydrogens is 405 g/mol. The number of anilines is 2. The van der Waals surface area contributed by atoms with Crippen molar-refractivity contribution in [3.63, 3.8) is 0 Å². The average Bonchev–Trinajstić information content (AvgIpc) is 2.38. The van der Waals surface area contributed by atoms with Gasteiger partial charge >= 0.3 is 0 Å². The second-order valence-corrected chi connectivity index (χ2v) is 6.79. The molecule has 0 unspecified atom stereocenters. The van der Waals surface area contributed by atoms with E-state index >= 15 is 0 Å². The van der Waals surface area contributed by atoms with E-state index in [1.165, 1.54) is 0 Å². The van der Waals surface area contributed by atoms with Crippen LogP contribution in [-0.4, -0.2) is 9.97 Å². The molecule has 1 aromatic heterocycles. The largest absolute Gasteiger partial charge is 0.338 e. The molecule has 0 aliphatic rings. The Bertz CT molecular complexity index is 624. The highest BCUT2D eigenvalue weighted by molar-refractivity contribution is 9.11. The van der Waals surface area contributed by atoms with Crippen LogP contribution in [0.1, 0.15) is 31.2 Å². The van der Waals surface area contributed by atoms with Crippen LogP contribution in [0.3, 0.4) is 0 Å². The summed E-state index contributed by atoms with van der Waals surface area (Å²) in [6, 6.07) is 5.89. The summed E-state index contributed by atoms with van der Waals surface area (Å²) in [5.41, 5.74) is 1.75. The van der Waals surface area contributed by atoms with Gasteiger partial charge in [-0.25, -0.2) is 9.97 Å². The Kier molecular flexibility index (Phi) is 5.04. The quantitative estimate of drug-likeness (QED) is 0.636. The van der Waals surface area contributed by atoms with Crippen molar-refractivity contribution in [1.82, 2.24) is 9.97 Å². The van der Waals surface area contributed by atoms with Crippen LogP contribution >= 0.6 is 43.5 Å². The summed E-state index contributed by atoms with van der Waals surface area (Å²) in [6.07, 6.45) is 0. The average molecular weight is 420 g/mol. The molecule has 3 nitrogen and oxygen atoms in total. The van der Waals surface area contributed by atoms with Crippen molar-refractivity contribution in [3.8, 4) is 0 Å². The van der Waals surface area contributed by atoms with E-state index < -0.39 is 0 Å². The third-order valence-electron chi connectivity index (χ3n) is 2.83. The number of halogens is 3. The van der Waals surface area contributed by atoms with Crippen molar-refractivity contribution in [2.45, 2.75) is 26.7 Å². The molecule has 6 heteroatoms. The molecule has 0 saturated carbocycles. The lowest BCUT2D eigenvalue weighted by molar-refractivity contribution is 0.773. The predicted octanol–water partition coefficient (Wildman–Crippen LogP) is 5.83. The number of rotatable bonds is 3. The molecule has 2 aromatic rings. The van der Waals surface area contributed by atoms with Crippen LogP contribution in [0.25, 0.3) is 0 Å². The molecule has 0 amide bonds. The fourth-order valence-corrected chi connectivity index (χ4v) is 2.99. The molecule has 0 spiro atoms. The third-order valence-corrected chi connectivity index (χ3v) is 4.52. The lowest BCUT2D eigenvalue weighted by Crippen LogP contribution is -2.05. The van der Waals surface area contributed by atoms with E-state index in [-0.39, 0.29) is 5.92 Å². The molecule has 20 heavy (non-hydrogen) atoms. The number of nitrogens with zero attached hydrogens (tertiary/aromatic N) is 2. The predicted molar refractivity (Wildman–Crippen MR) is 91.0 cm³/mol. The van der Waals surface area contributed by atoms with E-state index in [9.17, 15) is 0 Å². The maximum atomic E-state index is 6.19. The Balaban J connectivity index is 2.48. The maximum absolute atomic E-state index is 6.19. The standard InChI is InChI=1S/C14H14Br2ClN3/c1-7(2)13-19-12(17)8(3)14(20-13)18-11-9(15)5-4-6-10(11)16/h4-7H,1-3H3,(H,18,19,20). The van der Waals surface area contributed by atoms with Gasteiger partial charge in [0.25, 0.3) is 0 Å². The molecule has 0 atom stereocenters. The first kappa shape index (κ1) is 15.7. The number of nitrogens with one attached hydrogen (secondary N) is 1. The van der Waals surface area contributed by atoms with Gasteiger partial charge in [-0.1, -0.05) is 31.5 Å². The molecule has 0 fully saturated rings. The topological polar surface area (TPSA) is 37.8 Å². The van der Waals surface area contributed by atoms with Gasteiger partial charge in [0.1, 0.15) is 16.8 Å². The van der Waals surface area contributed by atoms with Gasteiger partial charge in [-0.2, -0.15) is 0 Å². The summed E-state index contributed by atoms with van der Waals surface area (Å²) >= 11 is 13.2. The molecule has 0 bridgehead atoms. The van der Waals surface area contributed by atoms with Crippen LogP contribution in [0.4, 0.5) is 11.5 Å². The van der Waals surface area contributed by atoms with Crippen LogP contribution in [0.5, 0.6) is 0 Å². The molecule has 106 valence electrons. The Morgan fingerprint density at radius 2 is 1.75 bits per heavy atom. The van der Waals surface area contributed by atoms with Gasteiger partial charge in [0.2, 0.25) is 0 Å². The van der Waals surface area contributed by atoms with E-state index in [0.29, 0.717) is 5.15 Å². The van der Waals surface area contributed by atoms with Crippen molar-refractivity contribution < 1.29 is 0 Å². The molecule has 1 aromatic carbocycles. The van der Waals surface area contributed by atoms with Crippen molar-refractivity contribution in [2.24, 2.45) is 0 Å². The fraction of sp³-hybridized carbons (Fsp3) is 0.286. The zero-order valence-corrected chi connectivity index (χ0v) is 15.3. The second-order valence-electron chi connectivity index (χ2n) is 4.72. The van der Waals surface area contributed by atoms with E-state index in [4.69, 9.17) is 11.6 Å². The lowest BCUT2D eigenvalue weighted by Gasteiger charge is -2.15. The van der Waals surface area contributed by atoms with E-state index in [0.717, 1.165) is 31.8 Å². The smallest absolute Gasteiger partial charge is 0.138 e. The zero-order valence-electron chi connectivity index (χ0n) is 11.3. The second kappa shape index (κ2) is 6.41. The minimum absolute atomic E-state index is 0.219. The Hall–Kier alpha value is -0.650. The maximum Gasteiger partial charge on any atom is 0.138 e. The summed E-state index contributed by atoms with van der Waals surface area (Å²) in [7, 11) is 0. The van der Waals surface area contributed by atoms with Crippen LogP contribution in [0, 0.1) is 6.92 Å². The number of aromatic nitrogens is 2. The Morgan fingerprint density at radius 3 is 2.30 bits per heavy atom. The monoisotopic (exact) mass is 417 g/mol. The Morgan fingerprint density at radius 1 is 1.15 bits per heavy atom. The zero-order chi connectivity index (χ0) is 14.9. The van der Waals surface area contributed by atoms with Gasteiger partial charge in [0, 0.05) is 20.4 Å². The van der Waals surface area contributed by atoms with Crippen LogP contribution in [-0.2, 0) is 0 Å². The van der Waals surface area contributed by atoms with Gasteiger partial charge in [-0.15, -0.1) is 0 Å². The summed E-state index contributed by atoms with van der Waals surface area (Å²) < 4.78 is 1.90. The van der Waals surface area contributed by atoms with E-state index in [2.05, 4.69) is 47.1 Å². The van der Waals surface area contributed by atoms with Crippen molar-refractivity contribution in [1.29, 1.82) is 0 Å². The van der Waals surface area contributed by atoms with Crippen molar-refractivity contribution in [3.05, 3.63) is 43.7 Å². The summed E-state index contributed by atoms with van der Waals surface area (Å²) in [5.74, 6) is 1.67. The molecular formula is C14H14Br2ClN3. The highest BCUT2D eigenvalue weighted by atomic mass is 79.9. The van der Waals surface area contributed by atoms with Gasteiger partial charge < -0.3 is 5.32 Å². The van der Waals surface area contributed by atoms with Gasteiger partial charge in [0.05, 0.1) is 5.69 Å². The minimum Gasteiger partial charge on any atom is -0.338 e. The molecule has 1 heterocycles. The van der Waals surface area contributed by atoms with Crippen LogP contribution < -0.4 is 5.32 Å². The lowest BCUT2D eigenvalue weighted by atomic mass is 10.2. The molecule has 2 rings (SSSR count). The van der Waals surface area contributed by atoms with Gasteiger partial charge in [-0.05, 0) is 50.9 Å². The summed E-state index contributed by atoms with van der Waals surface area (Å²) in [4.78, 5) is 8.87. The normalized spacial score (nSPS) is 10.9. The SMILES string of the molecule is Cc1c(Cl)nc(C(C)C)nc1Nc1c(Br)cccc1Br. The van der Waals surface area contributed by atoms with Crippen LogP contribution in [0.15, 0.2) is 27.1 Å². The first-order valence-corrected chi connectivity index (χ1v) is 8.11. The molecule has 0 aliphatic heterocycles. The van der Waals surface area contributed by atoms with E-state index in [1.807, 2.05) is 39.0 Å². The molecule has 1 N–H and O–H groups in total. The third kappa shape index (κ3) is 3.32. The van der Waals surface area contributed by atoms with Gasteiger partial charge in [0.15, 0.2) is 0 Å². The number of hydrogen-bond donors (Lipinski definition) is 1. The molecule has 0 aliphatic carbocycles.